The topological polar surface area (TPSA) is 61.9 Å². The van der Waals surface area contributed by atoms with E-state index in [4.69, 9.17) is 0 Å². The third-order valence-corrected chi connectivity index (χ3v) is 4.48. The molecule has 0 atom stereocenters. The summed E-state index contributed by atoms with van der Waals surface area (Å²) in [5.41, 5.74) is 1.96. The van der Waals surface area contributed by atoms with Crippen LogP contribution in [0.4, 0.5) is 8.78 Å². The molecule has 5 nitrogen and oxygen atoms in total. The number of fused-ring (bicyclic) bond motifs is 1. The highest BCUT2D eigenvalue weighted by atomic mass is 19.2. The molecule has 26 heavy (non-hydrogen) atoms. The first kappa shape index (κ1) is 16.5. The second-order valence-electron chi connectivity index (χ2n) is 6.23. The largest absolute Gasteiger partial charge is 0.305 e. The van der Waals surface area contributed by atoms with E-state index in [1.165, 1.54) is 6.07 Å². The monoisotopic (exact) mass is 354 g/mol. The average molecular weight is 354 g/mol. The minimum absolute atomic E-state index is 0.222. The molecule has 0 radical (unpaired) electrons. The Morgan fingerprint density at radius 3 is 2.85 bits per heavy atom. The molecule has 3 aromatic rings. The zero-order valence-electron chi connectivity index (χ0n) is 13.9. The van der Waals surface area contributed by atoms with Crippen LogP contribution >= 0.6 is 0 Å². The van der Waals surface area contributed by atoms with Crippen LogP contribution < -0.4 is 5.56 Å². The van der Waals surface area contributed by atoms with E-state index >= 15 is 0 Å². The molecular weight excluding hydrogens is 338 g/mol. The van der Waals surface area contributed by atoms with Crippen LogP contribution in [0.5, 0.6) is 0 Å². The second-order valence-corrected chi connectivity index (χ2v) is 6.23. The standard InChI is InChI=1S/C19H16F2N4O/c20-14-5-3-4-12(17(14)21)10-25-9-7-15-13(11-25)19(26)24-18(23-15)16-6-1-2-8-22-16/h1-6,8H,7,9-11H2,(H,23,24,26). The Kier molecular flexibility index (Phi) is 4.30. The van der Waals surface area contributed by atoms with Gasteiger partial charge in [-0.1, -0.05) is 18.2 Å². The van der Waals surface area contributed by atoms with Crippen LogP contribution in [-0.2, 0) is 19.5 Å². The van der Waals surface area contributed by atoms with E-state index in [1.54, 1.807) is 24.4 Å². The van der Waals surface area contributed by atoms with Gasteiger partial charge >= 0.3 is 0 Å². The van der Waals surface area contributed by atoms with Crippen molar-refractivity contribution in [3.8, 4) is 11.5 Å². The predicted octanol–water partition coefficient (Wildman–Crippen LogP) is 2.67. The van der Waals surface area contributed by atoms with Gasteiger partial charge in [0.05, 0.1) is 11.3 Å². The maximum atomic E-state index is 13.9. The molecule has 0 saturated heterocycles. The first-order valence-electron chi connectivity index (χ1n) is 8.30. The van der Waals surface area contributed by atoms with Crippen LogP contribution in [0.1, 0.15) is 16.8 Å². The Morgan fingerprint density at radius 1 is 1.15 bits per heavy atom. The number of rotatable bonds is 3. The smallest absolute Gasteiger partial charge is 0.255 e. The molecule has 4 rings (SSSR count). The Morgan fingerprint density at radius 2 is 2.04 bits per heavy atom. The van der Waals surface area contributed by atoms with Crippen LogP contribution in [0.2, 0.25) is 0 Å². The molecule has 3 heterocycles. The first-order chi connectivity index (χ1) is 12.6. The highest BCUT2D eigenvalue weighted by molar-refractivity contribution is 5.49. The molecule has 1 aliphatic heterocycles. The lowest BCUT2D eigenvalue weighted by molar-refractivity contribution is 0.237. The summed E-state index contributed by atoms with van der Waals surface area (Å²) in [6.45, 7) is 1.20. The van der Waals surface area contributed by atoms with Crippen molar-refractivity contribution in [2.45, 2.75) is 19.5 Å². The van der Waals surface area contributed by atoms with Crippen molar-refractivity contribution in [1.29, 1.82) is 0 Å². The summed E-state index contributed by atoms with van der Waals surface area (Å²) in [6.07, 6.45) is 2.21. The van der Waals surface area contributed by atoms with E-state index in [-0.39, 0.29) is 17.7 Å². The minimum atomic E-state index is -0.862. The fourth-order valence-corrected chi connectivity index (χ4v) is 3.15. The van der Waals surface area contributed by atoms with Gasteiger partial charge in [0, 0.05) is 37.8 Å². The van der Waals surface area contributed by atoms with Gasteiger partial charge in [-0.25, -0.2) is 13.8 Å². The summed E-state index contributed by atoms with van der Waals surface area (Å²) in [4.78, 5) is 25.9. The highest BCUT2D eigenvalue weighted by Crippen LogP contribution is 2.20. The summed E-state index contributed by atoms with van der Waals surface area (Å²) in [7, 11) is 0. The van der Waals surface area contributed by atoms with Crippen molar-refractivity contribution in [3.63, 3.8) is 0 Å². The van der Waals surface area contributed by atoms with Gasteiger partial charge in [-0.05, 0) is 18.2 Å². The molecule has 0 saturated carbocycles. The molecule has 0 bridgehead atoms. The summed E-state index contributed by atoms with van der Waals surface area (Å²) < 4.78 is 27.3. The van der Waals surface area contributed by atoms with Crippen molar-refractivity contribution < 1.29 is 8.78 Å². The van der Waals surface area contributed by atoms with Gasteiger partial charge in [0.25, 0.3) is 5.56 Å². The summed E-state index contributed by atoms with van der Waals surface area (Å²) >= 11 is 0. The van der Waals surface area contributed by atoms with Gasteiger partial charge in [-0.2, -0.15) is 0 Å². The summed E-state index contributed by atoms with van der Waals surface area (Å²) in [6, 6.07) is 9.55. The van der Waals surface area contributed by atoms with E-state index in [9.17, 15) is 13.6 Å². The van der Waals surface area contributed by atoms with Gasteiger partial charge in [0.1, 0.15) is 5.69 Å². The number of pyridine rings is 1. The SMILES string of the molecule is O=c1[nH]c(-c2ccccn2)nc2c1CN(Cc1cccc(F)c1F)CC2. The molecule has 0 aliphatic carbocycles. The number of H-pyrrole nitrogens is 1. The van der Waals surface area contributed by atoms with Crippen molar-refractivity contribution >= 4 is 0 Å². The molecule has 1 aromatic carbocycles. The second kappa shape index (κ2) is 6.76. The predicted molar refractivity (Wildman–Crippen MR) is 92.3 cm³/mol. The maximum absolute atomic E-state index is 13.9. The third-order valence-electron chi connectivity index (χ3n) is 4.48. The lowest BCUT2D eigenvalue weighted by Gasteiger charge is -2.27. The molecular formula is C19H16F2N4O. The van der Waals surface area contributed by atoms with Crippen LogP contribution in [0, 0.1) is 11.6 Å². The molecule has 7 heteroatoms. The third kappa shape index (κ3) is 3.13. The molecule has 0 fully saturated rings. The minimum Gasteiger partial charge on any atom is -0.305 e. The Balaban J connectivity index is 1.60. The number of aromatic amines is 1. The van der Waals surface area contributed by atoms with E-state index in [1.807, 2.05) is 11.0 Å². The van der Waals surface area contributed by atoms with E-state index < -0.39 is 11.6 Å². The van der Waals surface area contributed by atoms with Crippen LogP contribution in [0.15, 0.2) is 47.4 Å². The first-order valence-corrected chi connectivity index (χ1v) is 8.30. The Hall–Kier alpha value is -2.93. The molecule has 0 amide bonds. The normalized spacial score (nSPS) is 14.2. The van der Waals surface area contributed by atoms with Crippen molar-refractivity contribution in [2.24, 2.45) is 0 Å². The number of aromatic nitrogens is 3. The highest BCUT2D eigenvalue weighted by Gasteiger charge is 2.23. The molecule has 1 N–H and O–H groups in total. The quantitative estimate of drug-likeness (QED) is 0.786. The molecule has 1 aliphatic rings. The van der Waals surface area contributed by atoms with Crippen molar-refractivity contribution in [2.75, 3.05) is 6.54 Å². The van der Waals surface area contributed by atoms with Crippen LogP contribution in [-0.4, -0.2) is 26.4 Å². The molecule has 0 unspecified atom stereocenters. The fraction of sp³-hybridized carbons (Fsp3) is 0.211. The fourth-order valence-electron chi connectivity index (χ4n) is 3.15. The Labute approximate surface area is 148 Å². The van der Waals surface area contributed by atoms with Crippen molar-refractivity contribution in [3.05, 3.63) is 81.4 Å². The van der Waals surface area contributed by atoms with Crippen LogP contribution in [0.25, 0.3) is 11.5 Å². The lowest BCUT2D eigenvalue weighted by atomic mass is 10.1. The number of hydrogen-bond donors (Lipinski definition) is 1. The maximum Gasteiger partial charge on any atom is 0.255 e. The molecule has 0 spiro atoms. The number of nitrogens with one attached hydrogen (secondary N) is 1. The number of hydrogen-bond acceptors (Lipinski definition) is 4. The number of benzene rings is 1. The van der Waals surface area contributed by atoms with Gasteiger partial charge < -0.3 is 4.98 Å². The zero-order valence-corrected chi connectivity index (χ0v) is 13.9. The number of nitrogens with zero attached hydrogens (tertiary/aromatic N) is 3. The van der Waals surface area contributed by atoms with Gasteiger partial charge in [0.2, 0.25) is 0 Å². The van der Waals surface area contributed by atoms with Gasteiger partial charge in [-0.3, -0.25) is 14.7 Å². The Bertz CT molecular complexity index is 1000. The van der Waals surface area contributed by atoms with E-state index in [0.717, 1.165) is 11.8 Å². The average Bonchev–Trinajstić information content (AvgIpc) is 2.66. The number of halogens is 2. The molecule has 132 valence electrons. The van der Waals surface area contributed by atoms with Crippen molar-refractivity contribution in [1.82, 2.24) is 19.9 Å². The van der Waals surface area contributed by atoms with E-state index in [2.05, 4.69) is 15.0 Å². The summed E-state index contributed by atoms with van der Waals surface area (Å²) in [5, 5.41) is 0. The van der Waals surface area contributed by atoms with Gasteiger partial charge in [0.15, 0.2) is 17.5 Å². The van der Waals surface area contributed by atoms with Crippen LogP contribution in [0.3, 0.4) is 0 Å². The molecule has 2 aromatic heterocycles. The van der Waals surface area contributed by atoms with Gasteiger partial charge in [-0.15, -0.1) is 0 Å². The van der Waals surface area contributed by atoms with E-state index in [0.29, 0.717) is 36.6 Å². The lowest BCUT2D eigenvalue weighted by Crippen LogP contribution is -2.35. The zero-order chi connectivity index (χ0) is 18.1. The summed E-state index contributed by atoms with van der Waals surface area (Å²) in [5.74, 6) is -1.26.